The third-order valence-corrected chi connectivity index (χ3v) is 3.99. The van der Waals surface area contributed by atoms with Gasteiger partial charge >= 0.3 is 0 Å². The standard InChI is InChI=1S/C13H19N3O2S/c1-9-4-12(15-8-14-9)19-7-13(17)16-10(2)5-18-6-11(16)3/h4,8,10-11H,5-7H2,1-3H3/t10-,11+. The minimum absolute atomic E-state index is 0.143. The summed E-state index contributed by atoms with van der Waals surface area (Å²) in [6.45, 7) is 7.19. The van der Waals surface area contributed by atoms with Gasteiger partial charge in [-0.2, -0.15) is 0 Å². The molecule has 2 heterocycles. The van der Waals surface area contributed by atoms with Gasteiger partial charge in [0.2, 0.25) is 5.91 Å². The molecule has 1 aliphatic heterocycles. The Labute approximate surface area is 117 Å². The van der Waals surface area contributed by atoms with Crippen molar-refractivity contribution in [1.82, 2.24) is 14.9 Å². The van der Waals surface area contributed by atoms with Crippen LogP contribution in [0.3, 0.4) is 0 Å². The Morgan fingerprint density at radius 3 is 2.74 bits per heavy atom. The van der Waals surface area contributed by atoms with Gasteiger partial charge in [0.15, 0.2) is 0 Å². The number of nitrogens with zero attached hydrogens (tertiary/aromatic N) is 3. The number of carbonyl (C=O) groups is 1. The summed E-state index contributed by atoms with van der Waals surface area (Å²) in [6.07, 6.45) is 1.53. The second-order valence-electron chi connectivity index (χ2n) is 4.82. The van der Waals surface area contributed by atoms with Crippen molar-refractivity contribution in [3.8, 4) is 0 Å². The summed E-state index contributed by atoms with van der Waals surface area (Å²) in [4.78, 5) is 22.4. The van der Waals surface area contributed by atoms with Crippen LogP contribution in [-0.2, 0) is 9.53 Å². The molecule has 0 spiro atoms. The normalized spacial score (nSPS) is 23.4. The van der Waals surface area contributed by atoms with Gasteiger partial charge in [-0.3, -0.25) is 4.79 Å². The number of thioether (sulfide) groups is 1. The molecule has 1 aromatic rings. The number of morpholine rings is 1. The zero-order valence-electron chi connectivity index (χ0n) is 11.5. The van der Waals surface area contributed by atoms with E-state index in [2.05, 4.69) is 9.97 Å². The summed E-state index contributed by atoms with van der Waals surface area (Å²) in [7, 11) is 0. The average Bonchev–Trinajstić information content (AvgIpc) is 2.36. The fourth-order valence-electron chi connectivity index (χ4n) is 2.22. The fourth-order valence-corrected chi connectivity index (χ4v) is 3.01. The number of aryl methyl sites for hydroxylation is 1. The summed E-state index contributed by atoms with van der Waals surface area (Å²) in [5, 5.41) is 0.842. The number of rotatable bonds is 3. The molecular formula is C13H19N3O2S. The largest absolute Gasteiger partial charge is 0.377 e. The Kier molecular flexibility index (Phi) is 4.76. The second-order valence-corrected chi connectivity index (χ2v) is 5.82. The van der Waals surface area contributed by atoms with Crippen LogP contribution in [0.15, 0.2) is 17.4 Å². The van der Waals surface area contributed by atoms with E-state index >= 15 is 0 Å². The molecule has 2 atom stereocenters. The monoisotopic (exact) mass is 281 g/mol. The minimum atomic E-state index is 0.143. The van der Waals surface area contributed by atoms with Crippen molar-refractivity contribution in [2.45, 2.75) is 37.9 Å². The van der Waals surface area contributed by atoms with Gasteiger partial charge in [-0.05, 0) is 26.8 Å². The lowest BCUT2D eigenvalue weighted by molar-refractivity contribution is -0.141. The van der Waals surface area contributed by atoms with Crippen molar-refractivity contribution >= 4 is 17.7 Å². The highest BCUT2D eigenvalue weighted by atomic mass is 32.2. The third-order valence-electron chi connectivity index (χ3n) is 3.08. The van der Waals surface area contributed by atoms with E-state index in [0.29, 0.717) is 19.0 Å². The van der Waals surface area contributed by atoms with Gasteiger partial charge in [-0.15, -0.1) is 0 Å². The van der Waals surface area contributed by atoms with E-state index in [1.807, 2.05) is 31.7 Å². The molecule has 0 aromatic carbocycles. The van der Waals surface area contributed by atoms with Gasteiger partial charge in [0, 0.05) is 5.69 Å². The molecular weight excluding hydrogens is 262 g/mol. The summed E-state index contributed by atoms with van der Waals surface area (Å²) in [5.41, 5.74) is 0.915. The fraction of sp³-hybridized carbons (Fsp3) is 0.615. The molecule has 104 valence electrons. The maximum Gasteiger partial charge on any atom is 0.233 e. The molecule has 0 bridgehead atoms. The number of hydrogen-bond acceptors (Lipinski definition) is 5. The number of amides is 1. The van der Waals surface area contributed by atoms with Crippen LogP contribution in [-0.4, -0.2) is 51.8 Å². The number of aromatic nitrogens is 2. The minimum Gasteiger partial charge on any atom is -0.377 e. The summed E-state index contributed by atoms with van der Waals surface area (Å²) >= 11 is 1.46. The zero-order chi connectivity index (χ0) is 13.8. The van der Waals surface area contributed by atoms with Crippen LogP contribution in [0.2, 0.25) is 0 Å². The van der Waals surface area contributed by atoms with Crippen LogP contribution in [0, 0.1) is 6.92 Å². The number of carbonyl (C=O) groups excluding carboxylic acids is 1. The Morgan fingerprint density at radius 1 is 1.42 bits per heavy atom. The van der Waals surface area contributed by atoms with E-state index in [1.165, 1.54) is 18.1 Å². The topological polar surface area (TPSA) is 55.3 Å². The maximum absolute atomic E-state index is 12.3. The van der Waals surface area contributed by atoms with Crippen LogP contribution in [0.25, 0.3) is 0 Å². The third kappa shape index (κ3) is 3.67. The van der Waals surface area contributed by atoms with Gasteiger partial charge in [-0.1, -0.05) is 11.8 Å². The van der Waals surface area contributed by atoms with Gasteiger partial charge in [0.1, 0.15) is 11.4 Å². The molecule has 1 aromatic heterocycles. The first-order valence-corrected chi connectivity index (χ1v) is 7.37. The van der Waals surface area contributed by atoms with Crippen molar-refractivity contribution in [1.29, 1.82) is 0 Å². The van der Waals surface area contributed by atoms with E-state index in [4.69, 9.17) is 4.74 Å². The predicted octanol–water partition coefficient (Wildman–Crippen LogP) is 1.51. The van der Waals surface area contributed by atoms with Gasteiger partial charge < -0.3 is 9.64 Å². The molecule has 1 amide bonds. The summed E-state index contributed by atoms with van der Waals surface area (Å²) < 4.78 is 5.43. The average molecular weight is 281 g/mol. The molecule has 1 aliphatic rings. The molecule has 19 heavy (non-hydrogen) atoms. The molecule has 5 nitrogen and oxygen atoms in total. The van der Waals surface area contributed by atoms with Crippen molar-refractivity contribution in [2.75, 3.05) is 19.0 Å². The van der Waals surface area contributed by atoms with E-state index in [9.17, 15) is 4.79 Å². The zero-order valence-corrected chi connectivity index (χ0v) is 12.3. The lowest BCUT2D eigenvalue weighted by atomic mass is 10.2. The van der Waals surface area contributed by atoms with E-state index in [-0.39, 0.29) is 18.0 Å². The summed E-state index contributed by atoms with van der Waals surface area (Å²) in [6, 6.07) is 2.18. The molecule has 0 radical (unpaired) electrons. The number of hydrogen-bond donors (Lipinski definition) is 0. The summed E-state index contributed by atoms with van der Waals surface area (Å²) in [5.74, 6) is 0.551. The lowest BCUT2D eigenvalue weighted by Crippen LogP contribution is -2.53. The molecule has 0 unspecified atom stereocenters. The van der Waals surface area contributed by atoms with Crippen LogP contribution < -0.4 is 0 Å². The van der Waals surface area contributed by atoms with Gasteiger partial charge in [0.05, 0.1) is 31.1 Å². The van der Waals surface area contributed by atoms with E-state index in [0.717, 1.165) is 10.7 Å². The van der Waals surface area contributed by atoms with Crippen LogP contribution in [0.1, 0.15) is 19.5 Å². The molecule has 1 saturated heterocycles. The highest BCUT2D eigenvalue weighted by Crippen LogP contribution is 2.19. The first-order valence-electron chi connectivity index (χ1n) is 6.38. The quantitative estimate of drug-likeness (QED) is 0.621. The second kappa shape index (κ2) is 6.34. The van der Waals surface area contributed by atoms with Gasteiger partial charge in [0.25, 0.3) is 0 Å². The SMILES string of the molecule is Cc1cc(SCC(=O)N2[C@H](C)COC[C@@H]2C)ncn1. The van der Waals surface area contributed by atoms with Crippen molar-refractivity contribution in [3.63, 3.8) is 0 Å². The first-order chi connectivity index (χ1) is 9.08. The Morgan fingerprint density at radius 2 is 2.11 bits per heavy atom. The number of ether oxygens (including phenoxy) is 1. The lowest BCUT2D eigenvalue weighted by Gasteiger charge is -2.38. The Hall–Kier alpha value is -1.14. The van der Waals surface area contributed by atoms with Crippen LogP contribution >= 0.6 is 11.8 Å². The molecule has 0 N–H and O–H groups in total. The Balaban J connectivity index is 1.93. The Bertz CT molecular complexity index is 445. The predicted molar refractivity (Wildman–Crippen MR) is 74.1 cm³/mol. The molecule has 0 saturated carbocycles. The first kappa shape index (κ1) is 14.3. The van der Waals surface area contributed by atoms with Crippen LogP contribution in [0.4, 0.5) is 0 Å². The highest BCUT2D eigenvalue weighted by molar-refractivity contribution is 7.99. The van der Waals surface area contributed by atoms with E-state index < -0.39 is 0 Å². The van der Waals surface area contributed by atoms with E-state index in [1.54, 1.807) is 0 Å². The molecule has 1 fully saturated rings. The van der Waals surface area contributed by atoms with Gasteiger partial charge in [-0.25, -0.2) is 9.97 Å². The highest BCUT2D eigenvalue weighted by Gasteiger charge is 2.29. The molecule has 6 heteroatoms. The molecule has 0 aliphatic carbocycles. The van der Waals surface area contributed by atoms with Crippen molar-refractivity contribution < 1.29 is 9.53 Å². The molecule has 2 rings (SSSR count). The van der Waals surface area contributed by atoms with Crippen molar-refractivity contribution in [2.24, 2.45) is 0 Å². The van der Waals surface area contributed by atoms with Crippen LogP contribution in [0.5, 0.6) is 0 Å². The van der Waals surface area contributed by atoms with Crippen molar-refractivity contribution in [3.05, 3.63) is 18.1 Å². The maximum atomic E-state index is 12.3. The smallest absolute Gasteiger partial charge is 0.233 e.